The van der Waals surface area contributed by atoms with Gasteiger partial charge in [-0.05, 0) is 26.2 Å². The zero-order chi connectivity index (χ0) is 15.0. The summed E-state index contributed by atoms with van der Waals surface area (Å²) in [7, 11) is 0. The summed E-state index contributed by atoms with van der Waals surface area (Å²) in [5.74, 6) is 0.970. The fraction of sp³-hybridized carbons (Fsp3) is 0.357. The second-order valence-corrected chi connectivity index (χ2v) is 5.74. The maximum atomic E-state index is 8.48. The average molecular weight is 302 g/mol. The molecule has 3 rings (SSSR count). The Morgan fingerprint density at radius 1 is 1.43 bits per heavy atom. The first-order valence-corrected chi connectivity index (χ1v) is 8.09. The third-order valence-corrected chi connectivity index (χ3v) is 4.30. The molecule has 6 nitrogen and oxygen atoms in total. The second-order valence-electron chi connectivity index (χ2n) is 4.83. The highest BCUT2D eigenvalue weighted by atomic mass is 32.2. The number of imidazole rings is 1. The Bertz CT molecular complexity index is 744. The number of hydrogen-bond acceptors (Lipinski definition) is 5. The van der Waals surface area contributed by atoms with Crippen LogP contribution in [0, 0.1) is 5.41 Å². The minimum Gasteiger partial charge on any atom is -0.345 e. The average Bonchev–Trinajstić information content (AvgIpc) is 3.00. The van der Waals surface area contributed by atoms with Crippen molar-refractivity contribution in [2.24, 2.45) is 4.99 Å². The van der Waals surface area contributed by atoms with Crippen molar-refractivity contribution in [2.45, 2.75) is 25.9 Å². The highest BCUT2D eigenvalue weighted by molar-refractivity contribution is 7.99. The van der Waals surface area contributed by atoms with E-state index in [-0.39, 0.29) is 5.50 Å². The number of fused-ring (bicyclic) bond motifs is 1. The first kappa shape index (κ1) is 13.9. The number of nitrogens with one attached hydrogen (secondary N) is 3. The van der Waals surface area contributed by atoms with Gasteiger partial charge >= 0.3 is 0 Å². The van der Waals surface area contributed by atoms with Crippen LogP contribution in [0.3, 0.4) is 0 Å². The van der Waals surface area contributed by atoms with Crippen molar-refractivity contribution in [1.29, 1.82) is 5.41 Å². The Kier molecular flexibility index (Phi) is 3.59. The van der Waals surface area contributed by atoms with Gasteiger partial charge in [-0.2, -0.15) is 0 Å². The van der Waals surface area contributed by atoms with E-state index in [1.807, 2.05) is 30.7 Å². The number of anilines is 1. The van der Waals surface area contributed by atoms with Crippen LogP contribution in [0.4, 0.5) is 5.82 Å². The molecule has 0 aliphatic carbocycles. The quantitative estimate of drug-likeness (QED) is 0.813. The fourth-order valence-corrected chi connectivity index (χ4v) is 3.04. The maximum Gasteiger partial charge on any atom is 0.167 e. The number of nitrogens with zero attached hydrogens (tertiary/aromatic N) is 3. The molecule has 0 saturated heterocycles. The van der Waals surface area contributed by atoms with Crippen LogP contribution >= 0.6 is 11.8 Å². The molecule has 3 N–H and O–H groups in total. The molecular formula is C14H18N6S. The zero-order valence-electron chi connectivity index (χ0n) is 12.3. The van der Waals surface area contributed by atoms with Gasteiger partial charge < -0.3 is 14.9 Å². The molecule has 2 aromatic heterocycles. The molecule has 3 heterocycles. The number of aromatic amines is 1. The molecule has 21 heavy (non-hydrogen) atoms. The van der Waals surface area contributed by atoms with E-state index >= 15 is 0 Å². The molecule has 2 aromatic rings. The van der Waals surface area contributed by atoms with Gasteiger partial charge in [-0.3, -0.25) is 10.4 Å². The largest absolute Gasteiger partial charge is 0.345 e. The van der Waals surface area contributed by atoms with E-state index in [2.05, 4.69) is 20.3 Å². The van der Waals surface area contributed by atoms with Gasteiger partial charge in [0.25, 0.3) is 0 Å². The van der Waals surface area contributed by atoms with Gasteiger partial charge in [-0.1, -0.05) is 0 Å². The number of thioether (sulfide) groups is 1. The smallest absolute Gasteiger partial charge is 0.167 e. The summed E-state index contributed by atoms with van der Waals surface area (Å²) < 4.78 is 1.98. The minimum atomic E-state index is 0.00713. The van der Waals surface area contributed by atoms with E-state index in [0.717, 1.165) is 34.9 Å². The number of H-pyrrole nitrogens is 1. The van der Waals surface area contributed by atoms with Gasteiger partial charge in [0, 0.05) is 23.4 Å². The summed E-state index contributed by atoms with van der Waals surface area (Å²) in [4.78, 5) is 11.8. The first-order chi connectivity index (χ1) is 10.2. The van der Waals surface area contributed by atoms with Crippen molar-refractivity contribution in [1.82, 2.24) is 14.5 Å². The fourth-order valence-electron chi connectivity index (χ4n) is 2.55. The van der Waals surface area contributed by atoms with Gasteiger partial charge in [0.05, 0.1) is 18.2 Å². The van der Waals surface area contributed by atoms with Gasteiger partial charge in [0.15, 0.2) is 5.50 Å². The third-order valence-electron chi connectivity index (χ3n) is 3.63. The van der Waals surface area contributed by atoms with Crippen LogP contribution in [-0.4, -0.2) is 32.0 Å². The summed E-state index contributed by atoms with van der Waals surface area (Å²) in [6.45, 7) is 4.79. The molecule has 1 atom stereocenters. The highest BCUT2D eigenvalue weighted by Crippen LogP contribution is 2.27. The normalized spacial score (nSPS) is 17.1. The third kappa shape index (κ3) is 2.27. The SMILES string of the molecule is CCn1c2c(cc(-c3cnc[nH]3)c1=N)C(C)=NC(SC)N2. The monoisotopic (exact) mass is 302 g/mol. The molecule has 1 aliphatic rings. The Labute approximate surface area is 127 Å². The van der Waals surface area contributed by atoms with Gasteiger partial charge in [-0.15, -0.1) is 11.8 Å². The number of aliphatic imine (C=N–C) groups is 1. The number of hydrogen-bond donors (Lipinski definition) is 3. The van der Waals surface area contributed by atoms with Crippen LogP contribution in [0.25, 0.3) is 11.3 Å². The molecule has 0 radical (unpaired) electrons. The van der Waals surface area contributed by atoms with Crippen LogP contribution in [0.2, 0.25) is 0 Å². The molecule has 7 heteroatoms. The summed E-state index contributed by atoms with van der Waals surface area (Å²) in [6.07, 6.45) is 5.40. The highest BCUT2D eigenvalue weighted by Gasteiger charge is 2.22. The van der Waals surface area contributed by atoms with Crippen molar-refractivity contribution in [3.8, 4) is 11.3 Å². The summed E-state index contributed by atoms with van der Waals surface area (Å²) in [5, 5.41) is 11.9. The van der Waals surface area contributed by atoms with Crippen molar-refractivity contribution in [2.75, 3.05) is 11.6 Å². The number of rotatable bonds is 3. The molecular weight excluding hydrogens is 284 g/mol. The summed E-state index contributed by atoms with van der Waals surface area (Å²) in [5.41, 5.74) is 4.21. The number of pyridine rings is 1. The summed E-state index contributed by atoms with van der Waals surface area (Å²) in [6, 6.07) is 2.01. The molecule has 0 saturated carbocycles. The van der Waals surface area contributed by atoms with E-state index in [1.165, 1.54) is 0 Å². The molecule has 1 aliphatic heterocycles. The predicted octanol–water partition coefficient (Wildman–Crippen LogP) is 2.26. The van der Waals surface area contributed by atoms with Gasteiger partial charge in [0.2, 0.25) is 0 Å². The molecule has 0 bridgehead atoms. The summed E-state index contributed by atoms with van der Waals surface area (Å²) >= 11 is 1.65. The Balaban J connectivity index is 2.26. The van der Waals surface area contributed by atoms with Crippen LogP contribution in [0.1, 0.15) is 19.4 Å². The lowest BCUT2D eigenvalue weighted by atomic mass is 10.1. The topological polar surface area (TPSA) is 81.8 Å². The van der Waals surface area contributed by atoms with Crippen LogP contribution in [0.15, 0.2) is 23.6 Å². The standard InChI is InChI=1S/C14H18N6S/c1-4-20-12(15)10(11-6-16-7-17-11)5-9-8(2)18-14(21-3)19-13(9)20/h5-7,14-15,19H,4H2,1-3H3,(H,16,17). The molecule has 0 amide bonds. The Morgan fingerprint density at radius 3 is 2.86 bits per heavy atom. The van der Waals surface area contributed by atoms with Crippen LogP contribution < -0.4 is 10.8 Å². The van der Waals surface area contributed by atoms with Gasteiger partial charge in [-0.25, -0.2) is 4.98 Å². The first-order valence-electron chi connectivity index (χ1n) is 6.81. The van der Waals surface area contributed by atoms with Crippen molar-refractivity contribution in [3.63, 3.8) is 0 Å². The van der Waals surface area contributed by atoms with E-state index < -0.39 is 0 Å². The van der Waals surface area contributed by atoms with E-state index in [9.17, 15) is 0 Å². The van der Waals surface area contributed by atoms with Crippen molar-refractivity contribution < 1.29 is 0 Å². The molecule has 0 aromatic carbocycles. The Hall–Kier alpha value is -2.02. The van der Waals surface area contributed by atoms with Gasteiger partial charge in [0.1, 0.15) is 11.3 Å². The van der Waals surface area contributed by atoms with Crippen molar-refractivity contribution >= 4 is 23.3 Å². The molecule has 110 valence electrons. The lowest BCUT2D eigenvalue weighted by molar-refractivity contribution is 0.703. The van der Waals surface area contributed by atoms with E-state index in [0.29, 0.717) is 5.49 Å². The maximum absolute atomic E-state index is 8.48. The van der Waals surface area contributed by atoms with Crippen LogP contribution in [0.5, 0.6) is 0 Å². The lowest BCUT2D eigenvalue weighted by Gasteiger charge is -2.27. The minimum absolute atomic E-state index is 0.00713. The zero-order valence-corrected chi connectivity index (χ0v) is 13.1. The van der Waals surface area contributed by atoms with Crippen molar-refractivity contribution in [3.05, 3.63) is 29.6 Å². The second kappa shape index (κ2) is 5.40. The predicted molar refractivity (Wildman–Crippen MR) is 86.7 cm³/mol. The van der Waals surface area contributed by atoms with E-state index in [4.69, 9.17) is 5.41 Å². The van der Waals surface area contributed by atoms with E-state index in [1.54, 1.807) is 24.3 Å². The molecule has 0 fully saturated rings. The van der Waals surface area contributed by atoms with Crippen LogP contribution in [-0.2, 0) is 6.54 Å². The lowest BCUT2D eigenvalue weighted by Crippen LogP contribution is -2.32. The number of aromatic nitrogens is 3. The molecule has 0 spiro atoms. The molecule has 1 unspecified atom stereocenters. The Morgan fingerprint density at radius 2 is 2.24 bits per heavy atom.